The summed E-state index contributed by atoms with van der Waals surface area (Å²) in [6.07, 6.45) is 1.72. The zero-order valence-corrected chi connectivity index (χ0v) is 17.8. The fourth-order valence-corrected chi connectivity index (χ4v) is 5.11. The molecule has 1 amide bonds. The minimum Gasteiger partial charge on any atom is -0.497 e. The second-order valence-corrected chi connectivity index (χ2v) is 9.41. The fraction of sp³-hybridized carbons (Fsp3) is 0.409. The summed E-state index contributed by atoms with van der Waals surface area (Å²) >= 11 is 0. The molecule has 0 atom stereocenters. The maximum absolute atomic E-state index is 13.0. The smallest absolute Gasteiger partial charge is 0.223 e. The number of benzene rings is 2. The summed E-state index contributed by atoms with van der Waals surface area (Å²) in [5, 5.41) is 2.95. The number of sulfonamides is 1. The molecule has 0 aliphatic carbocycles. The second kappa shape index (κ2) is 10.0. The largest absolute Gasteiger partial charge is 0.497 e. The van der Waals surface area contributed by atoms with E-state index in [4.69, 9.17) is 4.74 Å². The first kappa shape index (κ1) is 22.2. The molecule has 0 saturated carbocycles. The van der Waals surface area contributed by atoms with E-state index in [0.717, 1.165) is 17.7 Å². The third-order valence-electron chi connectivity index (χ3n) is 5.35. The van der Waals surface area contributed by atoms with Crippen molar-refractivity contribution in [1.29, 1.82) is 0 Å². The monoisotopic (exact) mass is 434 g/mol. The summed E-state index contributed by atoms with van der Waals surface area (Å²) in [5.74, 6) is 0.0301. The van der Waals surface area contributed by atoms with Gasteiger partial charge in [-0.25, -0.2) is 17.1 Å². The minimum absolute atomic E-state index is 0.0286. The highest BCUT2D eigenvalue weighted by molar-refractivity contribution is 7.88. The SMILES string of the molecule is COc1ccc(CCNC(=O)C2CCN(S(=O)(=O)Cc3ccc(F)cc3)CC2)cc1. The van der Waals surface area contributed by atoms with Crippen LogP contribution in [0, 0.1) is 11.7 Å². The summed E-state index contributed by atoms with van der Waals surface area (Å²) in [7, 11) is -1.87. The molecule has 0 spiro atoms. The lowest BCUT2D eigenvalue weighted by Crippen LogP contribution is -2.43. The van der Waals surface area contributed by atoms with E-state index in [1.54, 1.807) is 7.11 Å². The predicted molar refractivity (Wildman–Crippen MR) is 113 cm³/mol. The Morgan fingerprint density at radius 3 is 2.27 bits per heavy atom. The molecule has 1 aliphatic rings. The highest BCUT2D eigenvalue weighted by Gasteiger charge is 2.31. The molecule has 0 aromatic heterocycles. The quantitative estimate of drug-likeness (QED) is 0.693. The van der Waals surface area contributed by atoms with Crippen LogP contribution < -0.4 is 10.1 Å². The van der Waals surface area contributed by atoms with Crippen molar-refractivity contribution < 1.29 is 22.3 Å². The maximum atomic E-state index is 13.0. The number of nitrogens with zero attached hydrogens (tertiary/aromatic N) is 1. The Morgan fingerprint density at radius 2 is 1.67 bits per heavy atom. The number of nitrogens with one attached hydrogen (secondary N) is 1. The summed E-state index contributed by atoms with van der Waals surface area (Å²) in [6.45, 7) is 1.18. The van der Waals surface area contributed by atoms with E-state index in [2.05, 4.69) is 5.32 Å². The number of halogens is 1. The first-order chi connectivity index (χ1) is 14.4. The lowest BCUT2D eigenvalue weighted by Gasteiger charge is -2.30. The van der Waals surface area contributed by atoms with Crippen LogP contribution in [0.4, 0.5) is 4.39 Å². The molecule has 2 aromatic carbocycles. The van der Waals surface area contributed by atoms with E-state index in [1.165, 1.54) is 28.6 Å². The highest BCUT2D eigenvalue weighted by Crippen LogP contribution is 2.22. The second-order valence-electron chi connectivity index (χ2n) is 7.45. The number of rotatable bonds is 8. The molecule has 1 saturated heterocycles. The molecular weight excluding hydrogens is 407 g/mol. The van der Waals surface area contributed by atoms with Gasteiger partial charge in [0, 0.05) is 25.6 Å². The zero-order chi connectivity index (χ0) is 21.6. The molecular formula is C22H27FN2O4S. The summed E-state index contributed by atoms with van der Waals surface area (Å²) in [4.78, 5) is 12.4. The molecule has 1 fully saturated rings. The van der Waals surface area contributed by atoms with E-state index in [0.29, 0.717) is 38.0 Å². The van der Waals surface area contributed by atoms with E-state index >= 15 is 0 Å². The molecule has 2 aromatic rings. The van der Waals surface area contributed by atoms with Crippen molar-refractivity contribution in [2.24, 2.45) is 5.92 Å². The normalized spacial score (nSPS) is 15.7. The number of carbonyl (C=O) groups is 1. The van der Waals surface area contributed by atoms with Gasteiger partial charge in [0.2, 0.25) is 15.9 Å². The molecule has 0 radical (unpaired) electrons. The van der Waals surface area contributed by atoms with Crippen LogP contribution in [0.2, 0.25) is 0 Å². The third-order valence-corrected chi connectivity index (χ3v) is 7.20. The van der Waals surface area contributed by atoms with Gasteiger partial charge in [-0.2, -0.15) is 0 Å². The van der Waals surface area contributed by atoms with Crippen LogP contribution in [-0.4, -0.2) is 45.4 Å². The van der Waals surface area contributed by atoms with E-state index in [9.17, 15) is 17.6 Å². The predicted octanol–water partition coefficient (Wildman–Crippen LogP) is 2.74. The lowest BCUT2D eigenvalue weighted by atomic mass is 9.97. The highest BCUT2D eigenvalue weighted by atomic mass is 32.2. The van der Waals surface area contributed by atoms with Crippen molar-refractivity contribution in [3.8, 4) is 5.75 Å². The Labute approximate surface area is 177 Å². The van der Waals surface area contributed by atoms with Crippen LogP contribution in [0.3, 0.4) is 0 Å². The van der Waals surface area contributed by atoms with Crippen molar-refractivity contribution in [1.82, 2.24) is 9.62 Å². The van der Waals surface area contributed by atoms with Gasteiger partial charge in [0.25, 0.3) is 0 Å². The van der Waals surface area contributed by atoms with Gasteiger partial charge in [-0.1, -0.05) is 24.3 Å². The number of methoxy groups -OCH3 is 1. The van der Waals surface area contributed by atoms with Gasteiger partial charge in [0.1, 0.15) is 11.6 Å². The molecule has 8 heteroatoms. The average molecular weight is 435 g/mol. The van der Waals surface area contributed by atoms with E-state index < -0.39 is 15.8 Å². The van der Waals surface area contributed by atoms with Crippen LogP contribution in [0.5, 0.6) is 5.75 Å². The first-order valence-electron chi connectivity index (χ1n) is 10.0. The van der Waals surface area contributed by atoms with Crippen LogP contribution in [-0.2, 0) is 27.0 Å². The minimum atomic E-state index is -3.49. The summed E-state index contributed by atoms with van der Waals surface area (Å²) in [6, 6.07) is 13.2. The maximum Gasteiger partial charge on any atom is 0.223 e. The van der Waals surface area contributed by atoms with Crippen molar-refractivity contribution in [3.63, 3.8) is 0 Å². The molecule has 1 heterocycles. The number of hydrogen-bond donors (Lipinski definition) is 1. The van der Waals surface area contributed by atoms with Gasteiger partial charge in [-0.05, 0) is 54.7 Å². The molecule has 0 bridgehead atoms. The van der Waals surface area contributed by atoms with Crippen molar-refractivity contribution in [2.45, 2.75) is 25.0 Å². The van der Waals surface area contributed by atoms with Crippen molar-refractivity contribution in [2.75, 3.05) is 26.7 Å². The molecule has 6 nitrogen and oxygen atoms in total. The van der Waals surface area contributed by atoms with Crippen LogP contribution in [0.25, 0.3) is 0 Å². The lowest BCUT2D eigenvalue weighted by molar-refractivity contribution is -0.126. The van der Waals surface area contributed by atoms with E-state index in [1.807, 2.05) is 24.3 Å². The fourth-order valence-electron chi connectivity index (χ4n) is 3.55. The molecule has 1 N–H and O–H groups in total. The van der Waals surface area contributed by atoms with Crippen molar-refractivity contribution >= 4 is 15.9 Å². The molecule has 1 aliphatic heterocycles. The van der Waals surface area contributed by atoms with Crippen molar-refractivity contribution in [3.05, 3.63) is 65.5 Å². The van der Waals surface area contributed by atoms with Gasteiger partial charge in [-0.15, -0.1) is 0 Å². The van der Waals surface area contributed by atoms with Gasteiger partial charge < -0.3 is 10.1 Å². The topological polar surface area (TPSA) is 75.7 Å². The Hall–Kier alpha value is -2.45. The Bertz CT molecular complexity index is 938. The standard InChI is InChI=1S/C22H27FN2O4S/c1-29-21-8-4-17(5-9-21)10-13-24-22(26)19-11-14-25(15-12-19)30(27,28)16-18-2-6-20(23)7-3-18/h2-9,19H,10-16H2,1H3,(H,24,26). The number of piperidine rings is 1. The van der Waals surface area contributed by atoms with Gasteiger partial charge in [-0.3, -0.25) is 4.79 Å². The molecule has 3 rings (SSSR count). The molecule has 30 heavy (non-hydrogen) atoms. The average Bonchev–Trinajstić information content (AvgIpc) is 2.76. The molecule has 0 unspecified atom stereocenters. The zero-order valence-electron chi connectivity index (χ0n) is 17.0. The van der Waals surface area contributed by atoms with Gasteiger partial charge in [0.05, 0.1) is 12.9 Å². The van der Waals surface area contributed by atoms with Crippen LogP contribution >= 0.6 is 0 Å². The van der Waals surface area contributed by atoms with Crippen LogP contribution in [0.1, 0.15) is 24.0 Å². The first-order valence-corrected chi connectivity index (χ1v) is 11.6. The van der Waals surface area contributed by atoms with Crippen LogP contribution in [0.15, 0.2) is 48.5 Å². The van der Waals surface area contributed by atoms with Gasteiger partial charge >= 0.3 is 0 Å². The Morgan fingerprint density at radius 1 is 1.07 bits per heavy atom. The number of carbonyl (C=O) groups excluding carboxylic acids is 1. The van der Waals surface area contributed by atoms with Gasteiger partial charge in [0.15, 0.2) is 0 Å². The number of amides is 1. The Kier molecular flexibility index (Phi) is 7.44. The number of hydrogen-bond acceptors (Lipinski definition) is 4. The number of ether oxygens (including phenoxy) is 1. The molecule has 162 valence electrons. The Balaban J connectivity index is 1.43. The summed E-state index contributed by atoms with van der Waals surface area (Å²) < 4.78 is 44.8. The van der Waals surface area contributed by atoms with E-state index in [-0.39, 0.29) is 17.6 Å². The summed E-state index contributed by atoms with van der Waals surface area (Å²) in [5.41, 5.74) is 1.66. The third kappa shape index (κ3) is 6.03.